The van der Waals surface area contributed by atoms with Crippen LogP contribution < -0.4 is 5.32 Å². The average Bonchev–Trinajstić information content (AvgIpc) is 2.85. The molecule has 0 spiro atoms. The lowest BCUT2D eigenvalue weighted by Crippen LogP contribution is -2.22. The van der Waals surface area contributed by atoms with E-state index >= 15 is 0 Å². The minimum atomic E-state index is 0.205. The van der Waals surface area contributed by atoms with E-state index in [0.29, 0.717) is 0 Å². The zero-order chi connectivity index (χ0) is 13.0. The third-order valence-corrected chi connectivity index (χ3v) is 3.55. The van der Waals surface area contributed by atoms with Crippen molar-refractivity contribution in [3.05, 3.63) is 58.0 Å². The van der Waals surface area contributed by atoms with Crippen LogP contribution in [0, 0.1) is 0 Å². The Balaban J connectivity index is 2.36. The first-order valence-corrected chi connectivity index (χ1v) is 7.10. The van der Waals surface area contributed by atoms with E-state index in [-0.39, 0.29) is 6.04 Å². The summed E-state index contributed by atoms with van der Waals surface area (Å²) in [5.41, 5.74) is 2.50. The molecule has 0 aliphatic rings. The highest BCUT2D eigenvalue weighted by Gasteiger charge is 2.17. The zero-order valence-corrected chi connectivity index (χ0v) is 12.3. The molecule has 0 aliphatic heterocycles. The van der Waals surface area contributed by atoms with Crippen LogP contribution in [0.1, 0.15) is 36.8 Å². The van der Waals surface area contributed by atoms with E-state index in [0.717, 1.165) is 23.2 Å². The molecule has 1 heterocycles. The number of halogens is 1. The van der Waals surface area contributed by atoms with Gasteiger partial charge in [-0.1, -0.05) is 41.9 Å². The summed E-state index contributed by atoms with van der Waals surface area (Å²) < 4.78 is 6.64. The lowest BCUT2D eigenvalue weighted by atomic mass is 9.98. The second-order valence-corrected chi connectivity index (χ2v) is 5.11. The van der Waals surface area contributed by atoms with Gasteiger partial charge in [-0.2, -0.15) is 0 Å². The molecule has 1 aromatic carbocycles. The van der Waals surface area contributed by atoms with Crippen LogP contribution in [0.4, 0.5) is 0 Å². The van der Waals surface area contributed by atoms with Crippen LogP contribution in [-0.4, -0.2) is 6.54 Å². The SMILES string of the molecule is CCNC(c1ccc(Br)cc1)c1ccoc1CC. The van der Waals surface area contributed by atoms with Gasteiger partial charge in [-0.25, -0.2) is 0 Å². The standard InChI is InChI=1S/C15H18BrNO/c1-3-14-13(9-10-18-14)15(17-4-2)11-5-7-12(16)8-6-11/h5-10,15,17H,3-4H2,1-2H3. The van der Waals surface area contributed by atoms with Crippen molar-refractivity contribution in [1.29, 1.82) is 0 Å². The van der Waals surface area contributed by atoms with Gasteiger partial charge in [0.05, 0.1) is 12.3 Å². The second-order valence-electron chi connectivity index (χ2n) is 4.19. The highest BCUT2D eigenvalue weighted by atomic mass is 79.9. The maximum Gasteiger partial charge on any atom is 0.108 e. The van der Waals surface area contributed by atoms with Gasteiger partial charge in [0.25, 0.3) is 0 Å². The van der Waals surface area contributed by atoms with Gasteiger partial charge in [0.2, 0.25) is 0 Å². The fraction of sp³-hybridized carbons (Fsp3) is 0.333. The van der Waals surface area contributed by atoms with Crippen molar-refractivity contribution in [2.24, 2.45) is 0 Å². The minimum Gasteiger partial charge on any atom is -0.469 e. The molecule has 0 saturated carbocycles. The Bertz CT molecular complexity index is 489. The molecule has 0 aliphatic carbocycles. The van der Waals surface area contributed by atoms with E-state index < -0.39 is 0 Å². The molecule has 2 aromatic rings. The molecule has 96 valence electrons. The monoisotopic (exact) mass is 307 g/mol. The lowest BCUT2D eigenvalue weighted by molar-refractivity contribution is 0.502. The van der Waals surface area contributed by atoms with Gasteiger partial charge in [-0.05, 0) is 30.3 Å². The Labute approximate surface area is 117 Å². The molecule has 18 heavy (non-hydrogen) atoms. The fourth-order valence-corrected chi connectivity index (χ4v) is 2.43. The second kappa shape index (κ2) is 6.21. The lowest BCUT2D eigenvalue weighted by Gasteiger charge is -2.18. The average molecular weight is 308 g/mol. The van der Waals surface area contributed by atoms with Crippen molar-refractivity contribution in [3.8, 4) is 0 Å². The summed E-state index contributed by atoms with van der Waals surface area (Å²) in [5, 5.41) is 3.52. The number of aryl methyl sites for hydroxylation is 1. The third kappa shape index (κ3) is 2.85. The van der Waals surface area contributed by atoms with Crippen molar-refractivity contribution in [3.63, 3.8) is 0 Å². The smallest absolute Gasteiger partial charge is 0.108 e. The van der Waals surface area contributed by atoms with Gasteiger partial charge in [0.15, 0.2) is 0 Å². The van der Waals surface area contributed by atoms with Gasteiger partial charge in [0, 0.05) is 16.5 Å². The molecular formula is C15H18BrNO. The minimum absolute atomic E-state index is 0.205. The Hall–Kier alpha value is -1.06. The predicted octanol–water partition coefficient (Wildman–Crippen LogP) is 4.30. The van der Waals surface area contributed by atoms with E-state index in [4.69, 9.17) is 4.42 Å². The molecule has 1 aromatic heterocycles. The van der Waals surface area contributed by atoms with Crippen LogP contribution in [0.2, 0.25) is 0 Å². The Kier molecular flexibility index (Phi) is 4.61. The van der Waals surface area contributed by atoms with Gasteiger partial charge in [0.1, 0.15) is 5.76 Å². The summed E-state index contributed by atoms with van der Waals surface area (Å²) in [6.07, 6.45) is 2.69. The highest BCUT2D eigenvalue weighted by molar-refractivity contribution is 9.10. The molecule has 1 unspecified atom stereocenters. The number of rotatable bonds is 5. The van der Waals surface area contributed by atoms with Crippen molar-refractivity contribution in [2.45, 2.75) is 26.3 Å². The number of hydrogen-bond acceptors (Lipinski definition) is 2. The normalized spacial score (nSPS) is 12.6. The fourth-order valence-electron chi connectivity index (χ4n) is 2.16. The molecule has 1 N–H and O–H groups in total. The van der Waals surface area contributed by atoms with E-state index in [2.05, 4.69) is 65.4 Å². The third-order valence-electron chi connectivity index (χ3n) is 3.02. The van der Waals surface area contributed by atoms with E-state index in [1.54, 1.807) is 6.26 Å². The molecule has 0 radical (unpaired) electrons. The Morgan fingerprint density at radius 3 is 2.50 bits per heavy atom. The van der Waals surface area contributed by atoms with Crippen LogP contribution in [-0.2, 0) is 6.42 Å². The van der Waals surface area contributed by atoms with Crippen molar-refractivity contribution < 1.29 is 4.42 Å². The van der Waals surface area contributed by atoms with Crippen LogP contribution >= 0.6 is 15.9 Å². The van der Waals surface area contributed by atoms with Crippen LogP contribution in [0.5, 0.6) is 0 Å². The van der Waals surface area contributed by atoms with Crippen LogP contribution in [0.3, 0.4) is 0 Å². The summed E-state index contributed by atoms with van der Waals surface area (Å²) in [5.74, 6) is 1.06. The summed E-state index contributed by atoms with van der Waals surface area (Å²) >= 11 is 3.47. The molecule has 2 nitrogen and oxygen atoms in total. The number of benzene rings is 1. The summed E-state index contributed by atoms with van der Waals surface area (Å²) in [4.78, 5) is 0. The van der Waals surface area contributed by atoms with Crippen molar-refractivity contribution in [2.75, 3.05) is 6.54 Å². The molecule has 1 atom stereocenters. The number of furan rings is 1. The topological polar surface area (TPSA) is 25.2 Å². The number of nitrogens with one attached hydrogen (secondary N) is 1. The van der Waals surface area contributed by atoms with Gasteiger partial charge in [-0.3, -0.25) is 0 Å². The Morgan fingerprint density at radius 1 is 1.17 bits per heavy atom. The van der Waals surface area contributed by atoms with Gasteiger partial charge >= 0.3 is 0 Å². The quantitative estimate of drug-likeness (QED) is 0.890. The first-order chi connectivity index (χ1) is 8.76. The Morgan fingerprint density at radius 2 is 1.89 bits per heavy atom. The molecular weight excluding hydrogens is 290 g/mol. The molecule has 2 rings (SSSR count). The summed E-state index contributed by atoms with van der Waals surface area (Å²) in [6.45, 7) is 5.17. The highest BCUT2D eigenvalue weighted by Crippen LogP contribution is 2.27. The molecule has 0 bridgehead atoms. The van der Waals surface area contributed by atoms with Crippen LogP contribution in [0.25, 0.3) is 0 Å². The molecule has 0 saturated heterocycles. The van der Waals surface area contributed by atoms with E-state index in [1.165, 1.54) is 11.1 Å². The molecule has 0 amide bonds. The predicted molar refractivity (Wildman–Crippen MR) is 77.7 cm³/mol. The van der Waals surface area contributed by atoms with Crippen LogP contribution in [0.15, 0.2) is 45.5 Å². The molecule has 3 heteroatoms. The van der Waals surface area contributed by atoms with Gasteiger partial charge in [-0.15, -0.1) is 0 Å². The van der Waals surface area contributed by atoms with E-state index in [9.17, 15) is 0 Å². The molecule has 0 fully saturated rings. The first kappa shape index (κ1) is 13.4. The summed E-state index contributed by atoms with van der Waals surface area (Å²) in [6, 6.07) is 10.7. The zero-order valence-electron chi connectivity index (χ0n) is 10.7. The maximum atomic E-state index is 5.54. The first-order valence-electron chi connectivity index (χ1n) is 6.31. The van der Waals surface area contributed by atoms with Gasteiger partial charge < -0.3 is 9.73 Å². The van der Waals surface area contributed by atoms with E-state index in [1.807, 2.05) is 0 Å². The largest absolute Gasteiger partial charge is 0.469 e. The van der Waals surface area contributed by atoms with Crippen molar-refractivity contribution >= 4 is 15.9 Å². The van der Waals surface area contributed by atoms with Crippen molar-refractivity contribution in [1.82, 2.24) is 5.32 Å². The summed E-state index contributed by atoms with van der Waals surface area (Å²) in [7, 11) is 0. The maximum absolute atomic E-state index is 5.54. The number of hydrogen-bond donors (Lipinski definition) is 1.